The Hall–Kier alpha value is -1.94. The number of hydrogen-bond acceptors (Lipinski definition) is 3. The maximum absolute atomic E-state index is 12.9. The summed E-state index contributed by atoms with van der Waals surface area (Å²) in [6, 6.07) is 7.21. The van der Waals surface area contributed by atoms with E-state index in [0.717, 1.165) is 44.6 Å². The van der Waals surface area contributed by atoms with Crippen molar-refractivity contribution in [3.05, 3.63) is 58.1 Å². The number of aryl methyl sites for hydroxylation is 2. The molecule has 2 aromatic rings. The van der Waals surface area contributed by atoms with Gasteiger partial charge in [-0.3, -0.25) is 4.79 Å². The zero-order valence-corrected chi connectivity index (χ0v) is 14.5. The predicted octanol–water partition coefficient (Wildman–Crippen LogP) is 3.56. The molecule has 1 aromatic carbocycles. The average molecular weight is 342 g/mol. The molecule has 1 atom stereocenters. The van der Waals surface area contributed by atoms with Crippen LogP contribution in [0.2, 0.25) is 5.02 Å². The van der Waals surface area contributed by atoms with Crippen LogP contribution >= 0.6 is 11.6 Å². The molecule has 4 rings (SSSR count). The van der Waals surface area contributed by atoms with Crippen LogP contribution in [-0.4, -0.2) is 33.9 Å². The Morgan fingerprint density at radius 2 is 2.21 bits per heavy atom. The van der Waals surface area contributed by atoms with Crippen molar-refractivity contribution in [3.63, 3.8) is 0 Å². The van der Waals surface area contributed by atoms with Gasteiger partial charge in [0.2, 0.25) is 0 Å². The second-order valence-corrected chi connectivity index (χ2v) is 7.35. The molecule has 0 radical (unpaired) electrons. The van der Waals surface area contributed by atoms with Gasteiger partial charge in [-0.05, 0) is 56.4 Å². The zero-order valence-electron chi connectivity index (χ0n) is 13.8. The highest BCUT2D eigenvalue weighted by Crippen LogP contribution is 2.44. The van der Waals surface area contributed by atoms with Crippen molar-refractivity contribution in [2.45, 2.75) is 38.0 Å². The van der Waals surface area contributed by atoms with Crippen molar-refractivity contribution in [1.82, 2.24) is 14.9 Å². The van der Waals surface area contributed by atoms with Gasteiger partial charge < -0.3 is 4.90 Å². The summed E-state index contributed by atoms with van der Waals surface area (Å²) in [6.45, 7) is 3.47. The number of carbonyl (C=O) groups excluding carboxylic acids is 1. The van der Waals surface area contributed by atoms with Crippen molar-refractivity contribution in [1.29, 1.82) is 0 Å². The summed E-state index contributed by atoms with van der Waals surface area (Å²) in [7, 11) is 0. The topological polar surface area (TPSA) is 46.1 Å². The highest BCUT2D eigenvalue weighted by Gasteiger charge is 2.44. The Balaban J connectivity index is 1.64. The van der Waals surface area contributed by atoms with Crippen molar-refractivity contribution in [2.24, 2.45) is 0 Å². The molecule has 1 fully saturated rings. The number of fused-ring (bicyclic) bond motifs is 2. The molecule has 124 valence electrons. The lowest BCUT2D eigenvalue weighted by Crippen LogP contribution is -2.48. The van der Waals surface area contributed by atoms with Crippen LogP contribution in [0.4, 0.5) is 0 Å². The monoisotopic (exact) mass is 341 g/mol. The van der Waals surface area contributed by atoms with Crippen molar-refractivity contribution >= 4 is 17.5 Å². The molecule has 2 aliphatic rings. The molecule has 1 unspecified atom stereocenters. The number of rotatable bonds is 1. The summed E-state index contributed by atoms with van der Waals surface area (Å²) in [6.07, 6.45) is 6.13. The minimum atomic E-state index is -0.00445. The number of piperidine rings is 1. The molecule has 1 amide bonds. The first-order valence-corrected chi connectivity index (χ1v) is 8.83. The maximum atomic E-state index is 12.9. The molecule has 1 aromatic heterocycles. The standard InChI is InChI=1S/C19H20ClN3O/c1-13-21-11-15-6-8-19(17(15)22-13)7-3-9-23(12-19)18(24)14-4-2-5-16(20)10-14/h2,4-5,10-11H,3,6-9,12H2,1H3. The molecule has 4 nitrogen and oxygen atoms in total. The minimum Gasteiger partial charge on any atom is -0.338 e. The fourth-order valence-electron chi connectivity index (χ4n) is 4.14. The van der Waals surface area contributed by atoms with Crippen molar-refractivity contribution in [2.75, 3.05) is 13.1 Å². The number of aromatic nitrogens is 2. The number of likely N-dealkylation sites (tertiary alicyclic amines) is 1. The molecule has 1 spiro atoms. The minimum absolute atomic E-state index is 0.00445. The summed E-state index contributed by atoms with van der Waals surface area (Å²) in [5, 5.41) is 0.599. The summed E-state index contributed by atoms with van der Waals surface area (Å²) < 4.78 is 0. The molecule has 1 saturated heterocycles. The fourth-order valence-corrected chi connectivity index (χ4v) is 4.33. The van der Waals surface area contributed by atoms with E-state index in [1.165, 1.54) is 11.3 Å². The third kappa shape index (κ3) is 2.59. The molecule has 1 aliphatic heterocycles. The van der Waals surface area contributed by atoms with Crippen LogP contribution in [0.15, 0.2) is 30.5 Å². The lowest BCUT2D eigenvalue weighted by Gasteiger charge is -2.40. The SMILES string of the molecule is Cc1ncc2c(n1)C1(CCCN(C(=O)c3cccc(Cl)c3)C1)CC2. The fraction of sp³-hybridized carbons (Fsp3) is 0.421. The van der Waals surface area contributed by atoms with Crippen LogP contribution in [0.3, 0.4) is 0 Å². The second-order valence-electron chi connectivity index (χ2n) is 6.91. The van der Waals surface area contributed by atoms with Gasteiger partial charge in [-0.25, -0.2) is 9.97 Å². The Morgan fingerprint density at radius 1 is 1.33 bits per heavy atom. The first-order valence-electron chi connectivity index (χ1n) is 8.45. The van der Waals surface area contributed by atoms with E-state index in [1.54, 1.807) is 12.1 Å². The van der Waals surface area contributed by atoms with Crippen LogP contribution in [0.5, 0.6) is 0 Å². The normalized spacial score (nSPS) is 22.7. The van der Waals surface area contributed by atoms with Crippen LogP contribution in [0, 0.1) is 6.92 Å². The number of carbonyl (C=O) groups is 1. The Bertz CT molecular complexity index is 803. The number of nitrogens with zero attached hydrogens (tertiary/aromatic N) is 3. The van der Waals surface area contributed by atoms with Crippen molar-refractivity contribution in [3.8, 4) is 0 Å². The van der Waals surface area contributed by atoms with Crippen molar-refractivity contribution < 1.29 is 4.79 Å². The van der Waals surface area contributed by atoms with E-state index >= 15 is 0 Å². The first-order chi connectivity index (χ1) is 11.6. The van der Waals surface area contributed by atoms with Gasteiger partial charge in [0.15, 0.2) is 0 Å². The second kappa shape index (κ2) is 5.85. The summed E-state index contributed by atoms with van der Waals surface area (Å²) in [4.78, 5) is 24.0. The third-order valence-electron chi connectivity index (χ3n) is 5.30. The number of halogens is 1. The highest BCUT2D eigenvalue weighted by atomic mass is 35.5. The molecule has 0 N–H and O–H groups in total. The third-order valence-corrected chi connectivity index (χ3v) is 5.53. The zero-order chi connectivity index (χ0) is 16.7. The molecule has 1 aliphatic carbocycles. The van der Waals surface area contributed by atoms with Crippen LogP contribution in [0.25, 0.3) is 0 Å². The largest absolute Gasteiger partial charge is 0.338 e. The molecular formula is C19H20ClN3O. The van der Waals surface area contributed by atoms with Gasteiger partial charge in [0.25, 0.3) is 5.91 Å². The Labute approximate surface area is 146 Å². The van der Waals surface area contributed by atoms with Crippen LogP contribution in [0.1, 0.15) is 46.7 Å². The molecule has 5 heteroatoms. The lowest BCUT2D eigenvalue weighted by molar-refractivity contribution is 0.0633. The predicted molar refractivity (Wildman–Crippen MR) is 93.4 cm³/mol. The molecule has 0 bridgehead atoms. The lowest BCUT2D eigenvalue weighted by atomic mass is 9.77. The van der Waals surface area contributed by atoms with Gasteiger partial charge in [0.05, 0.1) is 5.69 Å². The van der Waals surface area contributed by atoms with E-state index in [9.17, 15) is 4.79 Å². The van der Waals surface area contributed by atoms with Crippen LogP contribution < -0.4 is 0 Å². The average Bonchev–Trinajstić information content (AvgIpc) is 2.92. The summed E-state index contributed by atoms with van der Waals surface area (Å²) >= 11 is 6.05. The van der Waals surface area contributed by atoms with E-state index in [0.29, 0.717) is 10.6 Å². The van der Waals surface area contributed by atoms with Crippen LogP contribution in [-0.2, 0) is 11.8 Å². The van der Waals surface area contributed by atoms with Gasteiger partial charge in [0.1, 0.15) is 5.82 Å². The smallest absolute Gasteiger partial charge is 0.253 e. The van der Waals surface area contributed by atoms with E-state index in [-0.39, 0.29) is 11.3 Å². The molecule has 2 heterocycles. The van der Waals surface area contributed by atoms with E-state index in [4.69, 9.17) is 16.6 Å². The van der Waals surface area contributed by atoms with Gasteiger partial charge >= 0.3 is 0 Å². The highest BCUT2D eigenvalue weighted by molar-refractivity contribution is 6.30. The number of amides is 1. The van der Waals surface area contributed by atoms with E-state index < -0.39 is 0 Å². The maximum Gasteiger partial charge on any atom is 0.253 e. The summed E-state index contributed by atoms with van der Waals surface area (Å²) in [5.74, 6) is 0.879. The van der Waals surface area contributed by atoms with Gasteiger partial charge in [-0.2, -0.15) is 0 Å². The first kappa shape index (κ1) is 15.6. The number of hydrogen-bond donors (Lipinski definition) is 0. The van der Waals surface area contributed by atoms with Gasteiger partial charge in [-0.15, -0.1) is 0 Å². The quantitative estimate of drug-likeness (QED) is 0.796. The Morgan fingerprint density at radius 3 is 3.04 bits per heavy atom. The van der Waals surface area contributed by atoms with E-state index in [2.05, 4.69) is 4.98 Å². The number of benzene rings is 1. The molecular weight excluding hydrogens is 322 g/mol. The molecule has 0 saturated carbocycles. The van der Waals surface area contributed by atoms with E-state index in [1.807, 2.05) is 30.2 Å². The summed E-state index contributed by atoms with van der Waals surface area (Å²) in [5.41, 5.74) is 3.07. The Kier molecular flexibility index (Phi) is 3.80. The van der Waals surface area contributed by atoms with Gasteiger partial charge in [-0.1, -0.05) is 17.7 Å². The molecule has 24 heavy (non-hydrogen) atoms. The van der Waals surface area contributed by atoms with Gasteiger partial charge in [0, 0.05) is 35.3 Å².